The lowest BCUT2D eigenvalue weighted by molar-refractivity contribution is -0.150. The number of aliphatic hydroxyl groups is 1. The van der Waals surface area contributed by atoms with E-state index in [0.717, 1.165) is 13.3 Å². The molecule has 0 spiro atoms. The van der Waals surface area contributed by atoms with E-state index in [9.17, 15) is 23.1 Å². The summed E-state index contributed by atoms with van der Waals surface area (Å²) in [6.45, 7) is 0. The predicted octanol–water partition coefficient (Wildman–Crippen LogP) is 2.46. The summed E-state index contributed by atoms with van der Waals surface area (Å²) in [5.74, 6) is -0.885. The van der Waals surface area contributed by atoms with Gasteiger partial charge in [-0.3, -0.25) is 4.98 Å². The van der Waals surface area contributed by atoms with E-state index >= 15 is 0 Å². The Morgan fingerprint density at radius 2 is 2.05 bits per heavy atom. The first-order chi connectivity index (χ1) is 9.34. The van der Waals surface area contributed by atoms with Crippen molar-refractivity contribution in [3.8, 4) is 0 Å². The highest BCUT2D eigenvalue weighted by atomic mass is 19.4. The van der Waals surface area contributed by atoms with Crippen LogP contribution in [-0.4, -0.2) is 23.2 Å². The zero-order valence-corrected chi connectivity index (χ0v) is 10.3. The fourth-order valence-electron chi connectivity index (χ4n) is 1.84. The third kappa shape index (κ3) is 2.57. The van der Waals surface area contributed by atoms with Gasteiger partial charge in [0.05, 0.1) is 12.7 Å². The van der Waals surface area contributed by atoms with Gasteiger partial charge in [-0.25, -0.2) is 4.79 Å². The van der Waals surface area contributed by atoms with Crippen molar-refractivity contribution < 1.29 is 27.8 Å². The fraction of sp³-hybridized carbons (Fsp3) is 0.231. The number of halogens is 3. The van der Waals surface area contributed by atoms with Crippen LogP contribution in [0.3, 0.4) is 0 Å². The van der Waals surface area contributed by atoms with Gasteiger partial charge in [0.1, 0.15) is 0 Å². The molecule has 106 valence electrons. The molecule has 2 aromatic rings. The molecule has 1 aromatic carbocycles. The van der Waals surface area contributed by atoms with Crippen molar-refractivity contribution in [3.63, 3.8) is 0 Å². The topological polar surface area (TPSA) is 59.4 Å². The summed E-state index contributed by atoms with van der Waals surface area (Å²) in [6.07, 6.45) is -4.09. The van der Waals surface area contributed by atoms with Gasteiger partial charge in [0.15, 0.2) is 6.10 Å². The van der Waals surface area contributed by atoms with Crippen LogP contribution in [0.4, 0.5) is 13.2 Å². The van der Waals surface area contributed by atoms with Crippen LogP contribution in [0.5, 0.6) is 0 Å². The van der Waals surface area contributed by atoms with Gasteiger partial charge in [0, 0.05) is 17.8 Å². The number of fused-ring (bicyclic) bond motifs is 1. The van der Waals surface area contributed by atoms with E-state index in [2.05, 4.69) is 9.72 Å². The number of alkyl halides is 3. The van der Waals surface area contributed by atoms with Crippen LogP contribution < -0.4 is 0 Å². The van der Waals surface area contributed by atoms with Crippen LogP contribution >= 0.6 is 0 Å². The molecule has 0 bridgehead atoms. The number of pyridine rings is 1. The summed E-state index contributed by atoms with van der Waals surface area (Å²) in [7, 11) is 1.11. The van der Waals surface area contributed by atoms with Gasteiger partial charge in [0.25, 0.3) is 0 Å². The Hall–Kier alpha value is -2.15. The van der Waals surface area contributed by atoms with Crippen LogP contribution in [0.15, 0.2) is 30.6 Å². The third-order valence-electron chi connectivity index (χ3n) is 2.83. The molecule has 7 heteroatoms. The maximum Gasteiger partial charge on any atom is 0.418 e. The molecule has 0 saturated heterocycles. The van der Waals surface area contributed by atoms with E-state index in [1.54, 1.807) is 0 Å². The summed E-state index contributed by atoms with van der Waals surface area (Å²) in [4.78, 5) is 14.7. The van der Waals surface area contributed by atoms with Gasteiger partial charge in [0.2, 0.25) is 0 Å². The van der Waals surface area contributed by atoms with Crippen LogP contribution in [0.2, 0.25) is 0 Å². The predicted molar refractivity (Wildman–Crippen MR) is 63.7 cm³/mol. The summed E-state index contributed by atoms with van der Waals surface area (Å²) >= 11 is 0. The number of methoxy groups -OCH3 is 1. The molecule has 0 amide bonds. The van der Waals surface area contributed by atoms with E-state index in [-0.39, 0.29) is 16.3 Å². The van der Waals surface area contributed by atoms with Gasteiger partial charge >= 0.3 is 12.1 Å². The minimum Gasteiger partial charge on any atom is -0.467 e. The molecule has 4 nitrogen and oxygen atoms in total. The second kappa shape index (κ2) is 5.09. The Kier molecular flexibility index (Phi) is 3.63. The maximum atomic E-state index is 12.8. The molecule has 0 aliphatic carbocycles. The third-order valence-corrected chi connectivity index (χ3v) is 2.83. The highest BCUT2D eigenvalue weighted by molar-refractivity contribution is 5.87. The molecule has 1 heterocycles. The minimum absolute atomic E-state index is 0.0479. The Bertz CT molecular complexity index is 655. The van der Waals surface area contributed by atoms with Gasteiger partial charge in [-0.05, 0) is 17.0 Å². The van der Waals surface area contributed by atoms with Crippen molar-refractivity contribution in [2.24, 2.45) is 0 Å². The number of aliphatic hydroxyl groups excluding tert-OH is 1. The SMILES string of the molecule is COC(=O)C(O)c1ccc2c(C(F)(F)F)cncc2c1. The number of nitrogens with zero attached hydrogens (tertiary/aromatic N) is 1. The van der Waals surface area contributed by atoms with Crippen LogP contribution in [0, 0.1) is 0 Å². The molecular formula is C13H10F3NO3. The smallest absolute Gasteiger partial charge is 0.418 e. The molecular weight excluding hydrogens is 275 g/mol. The van der Waals surface area contributed by atoms with Crippen molar-refractivity contribution in [2.45, 2.75) is 12.3 Å². The summed E-state index contributed by atoms with van der Waals surface area (Å²) < 4.78 is 42.8. The van der Waals surface area contributed by atoms with Crippen LogP contribution in [-0.2, 0) is 15.7 Å². The first kappa shape index (κ1) is 14.3. The molecule has 0 fully saturated rings. The number of hydrogen-bond acceptors (Lipinski definition) is 4. The zero-order valence-electron chi connectivity index (χ0n) is 10.3. The average Bonchev–Trinajstić information content (AvgIpc) is 2.43. The molecule has 20 heavy (non-hydrogen) atoms. The Morgan fingerprint density at radius 1 is 1.35 bits per heavy atom. The average molecular weight is 285 g/mol. The number of carbonyl (C=O) groups excluding carboxylic acids is 1. The standard InChI is InChI=1S/C13H10F3NO3/c1-20-12(19)11(18)7-2-3-9-8(4-7)5-17-6-10(9)13(14,15)16/h2-6,11,18H,1H3. The largest absolute Gasteiger partial charge is 0.467 e. The molecule has 0 radical (unpaired) electrons. The number of aromatic nitrogens is 1. The number of benzene rings is 1. The van der Waals surface area contributed by atoms with Crippen molar-refractivity contribution in [1.82, 2.24) is 4.98 Å². The van der Waals surface area contributed by atoms with Gasteiger partial charge in [-0.1, -0.05) is 12.1 Å². The Labute approximate surface area is 111 Å². The summed E-state index contributed by atoms with van der Waals surface area (Å²) in [5.41, 5.74) is -0.723. The quantitative estimate of drug-likeness (QED) is 0.861. The number of esters is 1. The van der Waals surface area contributed by atoms with Crippen molar-refractivity contribution in [3.05, 3.63) is 41.7 Å². The van der Waals surface area contributed by atoms with Crippen molar-refractivity contribution >= 4 is 16.7 Å². The van der Waals surface area contributed by atoms with Crippen molar-refractivity contribution in [1.29, 1.82) is 0 Å². The lowest BCUT2D eigenvalue weighted by Gasteiger charge is -2.12. The monoisotopic (exact) mass is 285 g/mol. The summed E-state index contributed by atoms with van der Waals surface area (Å²) in [5, 5.41) is 9.79. The van der Waals surface area contributed by atoms with Crippen LogP contribution in [0.1, 0.15) is 17.2 Å². The Morgan fingerprint density at radius 3 is 2.65 bits per heavy atom. The summed E-state index contributed by atoms with van der Waals surface area (Å²) in [6, 6.07) is 3.72. The number of hydrogen-bond donors (Lipinski definition) is 1. The first-order valence-electron chi connectivity index (χ1n) is 5.55. The molecule has 0 aliphatic heterocycles. The molecule has 1 aromatic heterocycles. The highest BCUT2D eigenvalue weighted by Gasteiger charge is 2.33. The number of ether oxygens (including phenoxy) is 1. The highest BCUT2D eigenvalue weighted by Crippen LogP contribution is 2.34. The zero-order chi connectivity index (χ0) is 14.9. The van der Waals surface area contributed by atoms with E-state index in [0.29, 0.717) is 0 Å². The lowest BCUT2D eigenvalue weighted by Crippen LogP contribution is -2.13. The van der Waals surface area contributed by atoms with Gasteiger partial charge in [-0.15, -0.1) is 0 Å². The molecule has 2 rings (SSSR count). The van der Waals surface area contributed by atoms with Crippen LogP contribution in [0.25, 0.3) is 10.8 Å². The molecule has 1 N–H and O–H groups in total. The Balaban J connectivity index is 2.54. The molecule has 1 unspecified atom stereocenters. The normalized spacial score (nSPS) is 13.2. The lowest BCUT2D eigenvalue weighted by atomic mass is 10.0. The second-order valence-corrected chi connectivity index (χ2v) is 4.09. The number of carbonyl (C=O) groups is 1. The van der Waals surface area contributed by atoms with Gasteiger partial charge < -0.3 is 9.84 Å². The maximum absolute atomic E-state index is 12.8. The molecule has 0 aliphatic rings. The molecule has 1 atom stereocenters. The van der Waals surface area contributed by atoms with E-state index in [1.165, 1.54) is 24.4 Å². The van der Waals surface area contributed by atoms with Crippen molar-refractivity contribution in [2.75, 3.05) is 7.11 Å². The first-order valence-corrected chi connectivity index (χ1v) is 5.55. The fourth-order valence-corrected chi connectivity index (χ4v) is 1.84. The second-order valence-electron chi connectivity index (χ2n) is 4.09. The van der Waals surface area contributed by atoms with E-state index < -0.39 is 23.8 Å². The van der Waals surface area contributed by atoms with Gasteiger partial charge in [-0.2, -0.15) is 13.2 Å². The van der Waals surface area contributed by atoms with E-state index in [1.807, 2.05) is 0 Å². The minimum atomic E-state index is -4.52. The van der Waals surface area contributed by atoms with E-state index in [4.69, 9.17) is 0 Å². The molecule has 0 saturated carbocycles. The number of rotatable bonds is 2.